The second-order valence-electron chi connectivity index (χ2n) is 3.63. The maximum absolute atomic E-state index is 11.0. The van der Waals surface area contributed by atoms with E-state index in [1.54, 1.807) is 18.2 Å². The first-order valence-electron chi connectivity index (χ1n) is 5.36. The fourth-order valence-electron chi connectivity index (χ4n) is 1.60. The van der Waals surface area contributed by atoms with Crippen molar-refractivity contribution in [1.29, 1.82) is 0 Å². The third-order valence-electron chi connectivity index (χ3n) is 2.43. The Morgan fingerprint density at radius 2 is 2.00 bits per heavy atom. The van der Waals surface area contributed by atoms with Gasteiger partial charge in [0.1, 0.15) is 5.75 Å². The maximum atomic E-state index is 11.0. The zero-order chi connectivity index (χ0) is 13.2. The molecule has 7 nitrogen and oxygen atoms in total. The van der Waals surface area contributed by atoms with Crippen LogP contribution in [0.25, 0.3) is 0 Å². The van der Waals surface area contributed by atoms with E-state index in [-0.39, 0.29) is 18.4 Å². The van der Waals surface area contributed by atoms with Crippen molar-refractivity contribution < 1.29 is 24.1 Å². The van der Waals surface area contributed by atoms with Gasteiger partial charge in [-0.3, -0.25) is 0 Å². The lowest BCUT2D eigenvalue weighted by atomic mass is 10.3. The van der Waals surface area contributed by atoms with Gasteiger partial charge in [0.15, 0.2) is 11.5 Å². The molecule has 2 heterocycles. The Morgan fingerprint density at radius 1 is 1.21 bits per heavy atom. The van der Waals surface area contributed by atoms with Crippen LogP contribution in [-0.4, -0.2) is 27.8 Å². The van der Waals surface area contributed by atoms with Crippen molar-refractivity contribution in [1.82, 2.24) is 9.97 Å². The largest absolute Gasteiger partial charge is 0.476 e. The number of fused-ring (bicyclic) bond motifs is 1. The molecule has 0 saturated carbocycles. The van der Waals surface area contributed by atoms with Crippen molar-refractivity contribution in [3.05, 3.63) is 36.3 Å². The molecule has 3 rings (SSSR count). The van der Waals surface area contributed by atoms with E-state index in [1.165, 1.54) is 12.4 Å². The maximum Gasteiger partial charge on any atom is 0.360 e. The lowest BCUT2D eigenvalue weighted by molar-refractivity contribution is 0.0686. The number of nitrogens with zero attached hydrogens (tertiary/aromatic N) is 2. The molecule has 19 heavy (non-hydrogen) atoms. The first kappa shape index (κ1) is 11.3. The van der Waals surface area contributed by atoms with Gasteiger partial charge >= 0.3 is 5.97 Å². The van der Waals surface area contributed by atoms with E-state index in [0.29, 0.717) is 17.2 Å². The minimum absolute atomic E-state index is 0.0751. The number of carbonyl (C=O) groups is 1. The summed E-state index contributed by atoms with van der Waals surface area (Å²) >= 11 is 0. The molecular weight excluding hydrogens is 252 g/mol. The van der Waals surface area contributed by atoms with Crippen molar-refractivity contribution >= 4 is 5.97 Å². The standard InChI is InChI=1S/C12H8N2O5/c15-12(16)10-11(14-4-3-13-10)19-7-1-2-8-9(5-7)18-6-17-8/h1-5H,6H2,(H,15,16). The summed E-state index contributed by atoms with van der Waals surface area (Å²) in [6.07, 6.45) is 2.64. The SMILES string of the molecule is O=C(O)c1nccnc1Oc1ccc2c(c1)OCO2. The highest BCUT2D eigenvalue weighted by molar-refractivity contribution is 5.87. The second-order valence-corrected chi connectivity index (χ2v) is 3.63. The number of rotatable bonds is 3. The third-order valence-corrected chi connectivity index (χ3v) is 2.43. The van der Waals surface area contributed by atoms with Crippen molar-refractivity contribution in [2.45, 2.75) is 0 Å². The predicted molar refractivity (Wildman–Crippen MR) is 61.6 cm³/mol. The van der Waals surface area contributed by atoms with Gasteiger partial charge in [-0.25, -0.2) is 14.8 Å². The van der Waals surface area contributed by atoms with Crippen LogP contribution >= 0.6 is 0 Å². The summed E-state index contributed by atoms with van der Waals surface area (Å²) in [7, 11) is 0. The van der Waals surface area contributed by atoms with E-state index < -0.39 is 5.97 Å². The monoisotopic (exact) mass is 260 g/mol. The molecule has 1 N–H and O–H groups in total. The normalized spacial score (nSPS) is 12.2. The smallest absolute Gasteiger partial charge is 0.360 e. The highest BCUT2D eigenvalue weighted by atomic mass is 16.7. The van der Waals surface area contributed by atoms with E-state index in [9.17, 15) is 4.79 Å². The summed E-state index contributed by atoms with van der Waals surface area (Å²) in [4.78, 5) is 18.5. The summed E-state index contributed by atoms with van der Waals surface area (Å²) < 4.78 is 15.8. The van der Waals surface area contributed by atoms with Gasteiger partial charge in [0.05, 0.1) is 0 Å². The lowest BCUT2D eigenvalue weighted by Crippen LogP contribution is -2.04. The summed E-state index contributed by atoms with van der Waals surface area (Å²) in [5, 5.41) is 8.97. The van der Waals surface area contributed by atoms with E-state index in [4.69, 9.17) is 19.3 Å². The van der Waals surface area contributed by atoms with Crippen LogP contribution in [0.3, 0.4) is 0 Å². The molecule has 0 amide bonds. The third kappa shape index (κ3) is 2.13. The minimum Gasteiger partial charge on any atom is -0.476 e. The first-order valence-corrected chi connectivity index (χ1v) is 5.36. The molecule has 0 fully saturated rings. The number of ether oxygens (including phenoxy) is 3. The summed E-state index contributed by atoms with van der Waals surface area (Å²) in [6, 6.07) is 4.91. The molecular formula is C12H8N2O5. The fraction of sp³-hybridized carbons (Fsp3) is 0.0833. The van der Waals surface area contributed by atoms with Crippen molar-refractivity contribution in [2.24, 2.45) is 0 Å². The molecule has 0 unspecified atom stereocenters. The van der Waals surface area contributed by atoms with Gasteiger partial charge in [-0.1, -0.05) is 0 Å². The molecule has 7 heteroatoms. The highest BCUT2D eigenvalue weighted by Gasteiger charge is 2.17. The zero-order valence-corrected chi connectivity index (χ0v) is 9.57. The van der Waals surface area contributed by atoms with Gasteiger partial charge in [0, 0.05) is 18.5 Å². The van der Waals surface area contributed by atoms with Gasteiger partial charge in [-0.05, 0) is 12.1 Å². The van der Waals surface area contributed by atoms with Crippen LogP contribution in [0.5, 0.6) is 23.1 Å². The van der Waals surface area contributed by atoms with Crippen LogP contribution < -0.4 is 14.2 Å². The van der Waals surface area contributed by atoms with Gasteiger partial charge in [0.25, 0.3) is 5.88 Å². The zero-order valence-electron chi connectivity index (χ0n) is 9.57. The second kappa shape index (κ2) is 4.45. The van der Waals surface area contributed by atoms with Crippen molar-refractivity contribution in [3.63, 3.8) is 0 Å². The fourth-order valence-corrected chi connectivity index (χ4v) is 1.60. The quantitative estimate of drug-likeness (QED) is 0.897. The molecule has 0 spiro atoms. The van der Waals surface area contributed by atoms with Crippen LogP contribution in [-0.2, 0) is 0 Å². The molecule has 1 aromatic carbocycles. The van der Waals surface area contributed by atoms with E-state index in [1.807, 2.05) is 0 Å². The van der Waals surface area contributed by atoms with Gasteiger partial charge < -0.3 is 19.3 Å². The molecule has 2 aromatic rings. The predicted octanol–water partition coefficient (Wildman–Crippen LogP) is 1.70. The van der Waals surface area contributed by atoms with E-state index >= 15 is 0 Å². The molecule has 96 valence electrons. The number of aromatic carboxylic acids is 1. The highest BCUT2D eigenvalue weighted by Crippen LogP contribution is 2.36. The Bertz CT molecular complexity index is 644. The van der Waals surface area contributed by atoms with Crippen LogP contribution in [0, 0.1) is 0 Å². The van der Waals surface area contributed by atoms with Gasteiger partial charge in [-0.15, -0.1) is 0 Å². The summed E-state index contributed by atoms with van der Waals surface area (Å²) in [6.45, 7) is 0.157. The molecule has 0 saturated heterocycles. The number of benzene rings is 1. The van der Waals surface area contributed by atoms with Crippen molar-refractivity contribution in [3.8, 4) is 23.1 Å². The Kier molecular flexibility index (Phi) is 2.64. The van der Waals surface area contributed by atoms with Crippen LogP contribution in [0.4, 0.5) is 0 Å². The van der Waals surface area contributed by atoms with Crippen LogP contribution in [0.1, 0.15) is 10.5 Å². The Hall–Kier alpha value is -2.83. The average molecular weight is 260 g/mol. The lowest BCUT2D eigenvalue weighted by Gasteiger charge is -2.06. The number of carboxylic acid groups (broad SMARTS) is 1. The average Bonchev–Trinajstić information content (AvgIpc) is 2.86. The molecule has 1 aliphatic heterocycles. The molecule has 0 atom stereocenters. The molecule has 0 aliphatic carbocycles. The number of carboxylic acids is 1. The molecule has 0 bridgehead atoms. The first-order chi connectivity index (χ1) is 9.24. The summed E-state index contributed by atoms with van der Waals surface area (Å²) in [5.74, 6) is 0.271. The Labute approximate surface area is 107 Å². The molecule has 0 radical (unpaired) electrons. The minimum atomic E-state index is -1.20. The topological polar surface area (TPSA) is 90.8 Å². The number of hydrogen-bond acceptors (Lipinski definition) is 6. The van der Waals surface area contributed by atoms with Crippen molar-refractivity contribution in [2.75, 3.05) is 6.79 Å². The molecule has 1 aliphatic rings. The Morgan fingerprint density at radius 3 is 2.84 bits per heavy atom. The van der Waals surface area contributed by atoms with Crippen LogP contribution in [0.15, 0.2) is 30.6 Å². The summed E-state index contributed by atoms with van der Waals surface area (Å²) in [5.41, 5.74) is -0.250. The number of aromatic nitrogens is 2. The van der Waals surface area contributed by atoms with Gasteiger partial charge in [-0.2, -0.15) is 0 Å². The Balaban J connectivity index is 1.91. The van der Waals surface area contributed by atoms with E-state index in [0.717, 1.165) is 0 Å². The van der Waals surface area contributed by atoms with E-state index in [2.05, 4.69) is 9.97 Å². The number of hydrogen-bond donors (Lipinski definition) is 1. The van der Waals surface area contributed by atoms with Gasteiger partial charge in [0.2, 0.25) is 12.5 Å². The van der Waals surface area contributed by atoms with Crippen LogP contribution in [0.2, 0.25) is 0 Å². The molecule has 1 aromatic heterocycles.